The van der Waals surface area contributed by atoms with Crippen LogP contribution in [0.25, 0.3) is 0 Å². The van der Waals surface area contributed by atoms with E-state index < -0.39 is 6.61 Å². The molecule has 0 aliphatic heterocycles. The number of benzene rings is 1. The molecule has 5 nitrogen and oxygen atoms in total. The fraction of sp³-hybridized carbons (Fsp3) is 0.611. The number of alkyl halides is 2. The summed E-state index contributed by atoms with van der Waals surface area (Å²) in [6.07, 6.45) is 3.25. The van der Waals surface area contributed by atoms with Crippen molar-refractivity contribution in [1.82, 2.24) is 5.32 Å². The summed E-state index contributed by atoms with van der Waals surface area (Å²) < 4.78 is 34.7. The summed E-state index contributed by atoms with van der Waals surface area (Å²) in [6, 6.07) is 4.63. The second-order valence-electron chi connectivity index (χ2n) is 6.75. The van der Waals surface area contributed by atoms with Gasteiger partial charge in [-0.1, -0.05) is 6.07 Å². The predicted molar refractivity (Wildman–Crippen MR) is 95.6 cm³/mol. The van der Waals surface area contributed by atoms with E-state index in [1.54, 1.807) is 19.1 Å². The monoisotopic (exact) mass is 390 g/mol. The van der Waals surface area contributed by atoms with Gasteiger partial charge in [0.15, 0.2) is 11.5 Å². The predicted octanol–water partition coefficient (Wildman–Crippen LogP) is 3.10. The standard InChI is InChI=1S/C18H24F2N2O3.ClH/c1-2-24-14-7-10(3-6-13(14)25-18(19)20)9-22-17(23)15-11-4-5-12(8-11)16(15)21;/h3,6-7,11-12,15-16,18H,2,4-5,8-9,21H2,1H3,(H,22,23);1H. The smallest absolute Gasteiger partial charge is 0.387 e. The van der Waals surface area contributed by atoms with E-state index in [-0.39, 0.29) is 41.8 Å². The van der Waals surface area contributed by atoms with E-state index >= 15 is 0 Å². The van der Waals surface area contributed by atoms with Crippen LogP contribution in [0.15, 0.2) is 18.2 Å². The van der Waals surface area contributed by atoms with Gasteiger partial charge in [-0.05, 0) is 55.7 Å². The Labute approximate surface area is 158 Å². The Morgan fingerprint density at radius 1 is 1.31 bits per heavy atom. The number of halogens is 3. The number of amides is 1. The molecule has 0 aromatic heterocycles. The van der Waals surface area contributed by atoms with Crippen molar-refractivity contribution in [3.63, 3.8) is 0 Å². The van der Waals surface area contributed by atoms with Crippen LogP contribution in [0.3, 0.4) is 0 Å². The first kappa shape index (κ1) is 20.7. The average Bonchev–Trinajstić information content (AvgIpc) is 3.15. The van der Waals surface area contributed by atoms with E-state index in [0.29, 0.717) is 25.0 Å². The number of nitrogens with one attached hydrogen (secondary N) is 1. The van der Waals surface area contributed by atoms with Crippen LogP contribution in [0.5, 0.6) is 11.5 Å². The number of hydrogen-bond acceptors (Lipinski definition) is 4. The number of fused-ring (bicyclic) bond motifs is 2. The first-order chi connectivity index (χ1) is 12.0. The summed E-state index contributed by atoms with van der Waals surface area (Å²) in [7, 11) is 0. The number of hydrogen-bond donors (Lipinski definition) is 2. The molecule has 4 atom stereocenters. The molecule has 1 aromatic carbocycles. The van der Waals surface area contributed by atoms with E-state index in [9.17, 15) is 13.6 Å². The molecule has 3 N–H and O–H groups in total. The zero-order chi connectivity index (χ0) is 18.0. The maximum absolute atomic E-state index is 12.5. The Bertz CT molecular complexity index is 630. The molecule has 2 aliphatic rings. The second-order valence-corrected chi connectivity index (χ2v) is 6.75. The lowest BCUT2D eigenvalue weighted by Crippen LogP contribution is -2.45. The SMILES string of the molecule is CCOc1cc(CNC(=O)C2C3CCC(C3)C2N)ccc1OC(F)F.Cl. The molecule has 1 amide bonds. The summed E-state index contributed by atoms with van der Waals surface area (Å²) >= 11 is 0. The van der Waals surface area contributed by atoms with Crippen molar-refractivity contribution in [2.24, 2.45) is 23.5 Å². The third-order valence-electron chi connectivity index (χ3n) is 5.27. The summed E-state index contributed by atoms with van der Waals surface area (Å²) in [5.74, 6) is 0.947. The molecular weight excluding hydrogens is 366 g/mol. The van der Waals surface area contributed by atoms with Gasteiger partial charge in [0.2, 0.25) is 5.91 Å². The maximum Gasteiger partial charge on any atom is 0.387 e. The molecule has 146 valence electrons. The Balaban J connectivity index is 0.00000243. The van der Waals surface area contributed by atoms with Crippen LogP contribution in [-0.2, 0) is 11.3 Å². The maximum atomic E-state index is 12.5. The van der Waals surface area contributed by atoms with Crippen molar-refractivity contribution in [1.29, 1.82) is 0 Å². The fourth-order valence-electron chi connectivity index (χ4n) is 4.16. The number of ether oxygens (including phenoxy) is 2. The molecular formula is C18H25ClF2N2O3. The largest absolute Gasteiger partial charge is 0.490 e. The molecule has 2 bridgehead atoms. The van der Waals surface area contributed by atoms with E-state index in [0.717, 1.165) is 24.8 Å². The third kappa shape index (κ3) is 4.38. The number of carbonyl (C=O) groups is 1. The van der Waals surface area contributed by atoms with E-state index in [1.807, 2.05) is 0 Å². The van der Waals surface area contributed by atoms with Crippen molar-refractivity contribution in [2.75, 3.05) is 6.61 Å². The Morgan fingerprint density at radius 2 is 2.04 bits per heavy atom. The lowest BCUT2D eigenvalue weighted by Gasteiger charge is -2.27. The van der Waals surface area contributed by atoms with Gasteiger partial charge in [0, 0.05) is 12.6 Å². The van der Waals surface area contributed by atoms with Crippen LogP contribution < -0.4 is 20.5 Å². The molecule has 1 aromatic rings. The van der Waals surface area contributed by atoms with Crippen LogP contribution in [0, 0.1) is 17.8 Å². The minimum absolute atomic E-state index is 0. The van der Waals surface area contributed by atoms with Crippen molar-refractivity contribution in [2.45, 2.75) is 45.4 Å². The molecule has 2 aliphatic carbocycles. The topological polar surface area (TPSA) is 73.6 Å². The van der Waals surface area contributed by atoms with Crippen LogP contribution >= 0.6 is 12.4 Å². The van der Waals surface area contributed by atoms with Gasteiger partial charge < -0.3 is 20.5 Å². The van der Waals surface area contributed by atoms with Gasteiger partial charge in [-0.2, -0.15) is 8.78 Å². The van der Waals surface area contributed by atoms with Crippen molar-refractivity contribution < 1.29 is 23.0 Å². The minimum Gasteiger partial charge on any atom is -0.490 e. The summed E-state index contributed by atoms with van der Waals surface area (Å²) in [5, 5.41) is 2.92. The van der Waals surface area contributed by atoms with Crippen molar-refractivity contribution in [3.05, 3.63) is 23.8 Å². The first-order valence-corrected chi connectivity index (χ1v) is 8.73. The molecule has 2 fully saturated rings. The average molecular weight is 391 g/mol. The Morgan fingerprint density at radius 3 is 2.65 bits per heavy atom. The zero-order valence-corrected chi connectivity index (χ0v) is 15.4. The fourth-order valence-corrected chi connectivity index (χ4v) is 4.16. The number of rotatable bonds is 7. The van der Waals surface area contributed by atoms with E-state index in [4.69, 9.17) is 10.5 Å². The second kappa shape index (κ2) is 8.86. The van der Waals surface area contributed by atoms with E-state index in [1.165, 1.54) is 6.07 Å². The van der Waals surface area contributed by atoms with Crippen molar-refractivity contribution >= 4 is 18.3 Å². The Hall–Kier alpha value is -1.60. The Kier molecular flexibility index (Phi) is 7.06. The molecule has 8 heteroatoms. The highest BCUT2D eigenvalue weighted by molar-refractivity contribution is 5.85. The summed E-state index contributed by atoms with van der Waals surface area (Å²) in [5.41, 5.74) is 6.95. The first-order valence-electron chi connectivity index (χ1n) is 8.73. The lowest BCUT2D eigenvalue weighted by molar-refractivity contribution is -0.127. The highest BCUT2D eigenvalue weighted by Gasteiger charge is 2.48. The molecule has 0 saturated heterocycles. The minimum atomic E-state index is -2.91. The quantitative estimate of drug-likeness (QED) is 0.750. The van der Waals surface area contributed by atoms with Crippen LogP contribution in [0.2, 0.25) is 0 Å². The molecule has 4 unspecified atom stereocenters. The van der Waals surface area contributed by atoms with Gasteiger partial charge in [0.1, 0.15) is 0 Å². The highest BCUT2D eigenvalue weighted by Crippen LogP contribution is 2.47. The summed E-state index contributed by atoms with van der Waals surface area (Å²) in [4.78, 5) is 12.5. The van der Waals surface area contributed by atoms with Gasteiger partial charge in [-0.15, -0.1) is 12.4 Å². The van der Waals surface area contributed by atoms with Crippen molar-refractivity contribution in [3.8, 4) is 11.5 Å². The van der Waals surface area contributed by atoms with E-state index in [2.05, 4.69) is 10.1 Å². The zero-order valence-electron chi connectivity index (χ0n) is 14.6. The van der Waals surface area contributed by atoms with Crippen LogP contribution in [0.1, 0.15) is 31.7 Å². The van der Waals surface area contributed by atoms with Crippen LogP contribution in [0.4, 0.5) is 8.78 Å². The molecule has 26 heavy (non-hydrogen) atoms. The highest BCUT2D eigenvalue weighted by atomic mass is 35.5. The van der Waals surface area contributed by atoms with Gasteiger partial charge >= 0.3 is 6.61 Å². The molecule has 2 saturated carbocycles. The normalized spacial score (nSPS) is 26.5. The lowest BCUT2D eigenvalue weighted by atomic mass is 9.84. The van der Waals surface area contributed by atoms with Gasteiger partial charge in [0.25, 0.3) is 0 Å². The number of nitrogens with two attached hydrogens (primary N) is 1. The molecule has 0 radical (unpaired) electrons. The molecule has 0 heterocycles. The van der Waals surface area contributed by atoms with Gasteiger partial charge in [0.05, 0.1) is 12.5 Å². The molecule has 3 rings (SSSR count). The van der Waals surface area contributed by atoms with Crippen LogP contribution in [-0.4, -0.2) is 25.2 Å². The third-order valence-corrected chi connectivity index (χ3v) is 5.27. The van der Waals surface area contributed by atoms with Gasteiger partial charge in [-0.3, -0.25) is 4.79 Å². The molecule has 0 spiro atoms. The summed E-state index contributed by atoms with van der Waals surface area (Å²) in [6.45, 7) is -0.523. The van der Waals surface area contributed by atoms with Gasteiger partial charge in [-0.25, -0.2) is 0 Å². The number of carbonyl (C=O) groups excluding carboxylic acids is 1.